The molecule has 0 bridgehead atoms. The molecular weight excluding hydrogens is 383 g/mol. The molecule has 0 aliphatic carbocycles. The second-order valence-electron chi connectivity index (χ2n) is 4.88. The number of carbonyl (C=O) groups excluding carboxylic acids is 1. The molecule has 0 aromatic heterocycles. The van der Waals surface area contributed by atoms with Crippen LogP contribution >= 0.6 is 24.0 Å². The third-order valence-corrected chi connectivity index (χ3v) is 3.04. The van der Waals surface area contributed by atoms with Gasteiger partial charge in [-0.3, -0.25) is 9.79 Å². The Hall–Kier alpha value is -0.570. The van der Waals surface area contributed by atoms with Crippen molar-refractivity contribution in [2.24, 2.45) is 4.99 Å². The van der Waals surface area contributed by atoms with Crippen LogP contribution in [-0.2, 0) is 9.53 Å². The highest BCUT2D eigenvalue weighted by molar-refractivity contribution is 14.0. The van der Waals surface area contributed by atoms with Crippen LogP contribution in [0.15, 0.2) is 4.99 Å². The van der Waals surface area contributed by atoms with Crippen LogP contribution in [0.2, 0.25) is 0 Å². The first-order chi connectivity index (χ1) is 9.76. The lowest BCUT2D eigenvalue weighted by Crippen LogP contribution is -2.39. The van der Waals surface area contributed by atoms with Crippen LogP contribution in [0, 0.1) is 0 Å². The molecule has 1 aliphatic heterocycles. The SMILES string of the molecule is CCCNC(=O)CCNC(=NCC1CCCO1)NCC.I. The Morgan fingerprint density at radius 2 is 2.05 bits per heavy atom. The van der Waals surface area contributed by atoms with Gasteiger partial charge >= 0.3 is 0 Å². The highest BCUT2D eigenvalue weighted by atomic mass is 127. The van der Waals surface area contributed by atoms with Crippen LogP contribution in [0.5, 0.6) is 0 Å². The normalized spacial score (nSPS) is 18.0. The Morgan fingerprint density at radius 3 is 2.67 bits per heavy atom. The second-order valence-corrected chi connectivity index (χ2v) is 4.88. The van der Waals surface area contributed by atoms with Gasteiger partial charge in [0.25, 0.3) is 0 Å². The van der Waals surface area contributed by atoms with E-state index < -0.39 is 0 Å². The first-order valence-corrected chi connectivity index (χ1v) is 7.66. The van der Waals surface area contributed by atoms with Gasteiger partial charge < -0.3 is 20.7 Å². The number of carbonyl (C=O) groups is 1. The molecule has 1 amide bonds. The molecule has 0 spiro atoms. The number of hydrogen-bond donors (Lipinski definition) is 3. The fraction of sp³-hybridized carbons (Fsp3) is 0.857. The van der Waals surface area contributed by atoms with Crippen LogP contribution < -0.4 is 16.0 Å². The first-order valence-electron chi connectivity index (χ1n) is 7.66. The molecule has 0 saturated carbocycles. The van der Waals surface area contributed by atoms with E-state index >= 15 is 0 Å². The summed E-state index contributed by atoms with van der Waals surface area (Å²) in [6, 6.07) is 0. The summed E-state index contributed by atoms with van der Waals surface area (Å²) < 4.78 is 5.54. The van der Waals surface area contributed by atoms with Crippen LogP contribution in [0.25, 0.3) is 0 Å². The van der Waals surface area contributed by atoms with E-state index in [0.29, 0.717) is 19.5 Å². The third kappa shape index (κ3) is 9.89. The maximum absolute atomic E-state index is 11.5. The van der Waals surface area contributed by atoms with Crippen molar-refractivity contribution < 1.29 is 9.53 Å². The maximum Gasteiger partial charge on any atom is 0.221 e. The van der Waals surface area contributed by atoms with E-state index in [9.17, 15) is 4.79 Å². The van der Waals surface area contributed by atoms with Gasteiger partial charge in [-0.2, -0.15) is 0 Å². The molecule has 21 heavy (non-hydrogen) atoms. The van der Waals surface area contributed by atoms with Crippen molar-refractivity contribution in [3.8, 4) is 0 Å². The van der Waals surface area contributed by atoms with Crippen LogP contribution in [0.4, 0.5) is 0 Å². The zero-order valence-corrected chi connectivity index (χ0v) is 15.4. The molecule has 1 atom stereocenters. The van der Waals surface area contributed by atoms with E-state index in [2.05, 4.69) is 20.9 Å². The van der Waals surface area contributed by atoms with Gasteiger partial charge in [0.1, 0.15) is 0 Å². The number of amides is 1. The van der Waals surface area contributed by atoms with Crippen molar-refractivity contribution in [1.82, 2.24) is 16.0 Å². The van der Waals surface area contributed by atoms with Crippen molar-refractivity contribution in [3.05, 3.63) is 0 Å². The van der Waals surface area contributed by atoms with Gasteiger partial charge in [-0.05, 0) is 26.2 Å². The lowest BCUT2D eigenvalue weighted by molar-refractivity contribution is -0.120. The van der Waals surface area contributed by atoms with E-state index in [1.165, 1.54) is 0 Å². The number of aliphatic imine (C=N–C) groups is 1. The summed E-state index contributed by atoms with van der Waals surface area (Å²) in [4.78, 5) is 16.0. The molecular formula is C14H29IN4O2. The smallest absolute Gasteiger partial charge is 0.221 e. The summed E-state index contributed by atoms with van der Waals surface area (Å²) in [6.45, 7) is 7.73. The summed E-state index contributed by atoms with van der Waals surface area (Å²) in [6.07, 6.45) is 3.89. The molecule has 1 heterocycles. The molecule has 0 radical (unpaired) electrons. The van der Waals surface area contributed by atoms with Crippen LogP contribution in [0.3, 0.4) is 0 Å². The van der Waals surface area contributed by atoms with Crippen LogP contribution in [-0.4, -0.2) is 50.8 Å². The molecule has 6 nitrogen and oxygen atoms in total. The summed E-state index contributed by atoms with van der Waals surface area (Å²) in [5.41, 5.74) is 0. The van der Waals surface area contributed by atoms with Gasteiger partial charge in [0.2, 0.25) is 5.91 Å². The van der Waals surface area contributed by atoms with Crippen molar-refractivity contribution >= 4 is 35.8 Å². The molecule has 0 aromatic rings. The minimum Gasteiger partial charge on any atom is -0.376 e. The van der Waals surface area contributed by atoms with Crippen molar-refractivity contribution in [2.75, 3.05) is 32.8 Å². The van der Waals surface area contributed by atoms with E-state index in [-0.39, 0.29) is 36.0 Å². The predicted octanol–water partition coefficient (Wildman–Crippen LogP) is 1.25. The number of halogens is 1. The van der Waals surface area contributed by atoms with Crippen molar-refractivity contribution in [1.29, 1.82) is 0 Å². The molecule has 1 aliphatic rings. The lowest BCUT2D eigenvalue weighted by atomic mass is 10.2. The summed E-state index contributed by atoms with van der Waals surface area (Å²) in [7, 11) is 0. The summed E-state index contributed by atoms with van der Waals surface area (Å²) in [5, 5.41) is 9.21. The average molecular weight is 412 g/mol. The van der Waals surface area contributed by atoms with E-state index in [0.717, 1.165) is 44.9 Å². The van der Waals surface area contributed by atoms with Gasteiger partial charge in [0.15, 0.2) is 5.96 Å². The standard InChI is InChI=1S/C14H28N4O2.HI/c1-3-8-16-13(19)7-9-17-14(15-4-2)18-11-12-6-5-10-20-12;/h12H,3-11H2,1-2H3,(H,16,19)(H2,15,17,18);1H. The molecule has 124 valence electrons. The Bertz CT molecular complexity index is 307. The lowest BCUT2D eigenvalue weighted by Gasteiger charge is -2.12. The quantitative estimate of drug-likeness (QED) is 0.319. The Balaban J connectivity index is 0.00000400. The first kappa shape index (κ1) is 20.4. The molecule has 1 saturated heterocycles. The predicted molar refractivity (Wildman–Crippen MR) is 96.3 cm³/mol. The van der Waals surface area contributed by atoms with Crippen molar-refractivity contribution in [2.45, 2.75) is 45.6 Å². The summed E-state index contributed by atoms with van der Waals surface area (Å²) in [5.74, 6) is 0.834. The number of guanidine groups is 1. The Labute approximate surface area is 144 Å². The number of ether oxygens (including phenoxy) is 1. The zero-order valence-electron chi connectivity index (χ0n) is 13.1. The maximum atomic E-state index is 11.5. The molecule has 3 N–H and O–H groups in total. The van der Waals surface area contributed by atoms with Gasteiger partial charge in [-0.15, -0.1) is 24.0 Å². The topological polar surface area (TPSA) is 74.8 Å². The summed E-state index contributed by atoms with van der Waals surface area (Å²) >= 11 is 0. The van der Waals surface area contributed by atoms with E-state index in [4.69, 9.17) is 4.74 Å². The van der Waals surface area contributed by atoms with Gasteiger partial charge in [-0.1, -0.05) is 6.92 Å². The molecule has 1 rings (SSSR count). The number of nitrogens with zero attached hydrogens (tertiary/aromatic N) is 1. The largest absolute Gasteiger partial charge is 0.376 e. The molecule has 0 aromatic carbocycles. The number of hydrogen-bond acceptors (Lipinski definition) is 3. The second kappa shape index (κ2) is 13.1. The monoisotopic (exact) mass is 412 g/mol. The third-order valence-electron chi connectivity index (χ3n) is 3.04. The zero-order chi connectivity index (χ0) is 14.6. The fourth-order valence-electron chi connectivity index (χ4n) is 1.97. The van der Waals surface area contributed by atoms with Crippen LogP contribution in [0.1, 0.15) is 39.5 Å². The molecule has 1 unspecified atom stereocenters. The van der Waals surface area contributed by atoms with E-state index in [1.807, 2.05) is 13.8 Å². The molecule has 1 fully saturated rings. The van der Waals surface area contributed by atoms with Crippen molar-refractivity contribution in [3.63, 3.8) is 0 Å². The molecule has 7 heteroatoms. The number of rotatable bonds is 8. The highest BCUT2D eigenvalue weighted by Crippen LogP contribution is 2.11. The Kier molecular flexibility index (Phi) is 12.8. The fourth-order valence-corrected chi connectivity index (χ4v) is 1.97. The highest BCUT2D eigenvalue weighted by Gasteiger charge is 2.14. The number of nitrogens with one attached hydrogen (secondary N) is 3. The Morgan fingerprint density at radius 1 is 1.24 bits per heavy atom. The minimum absolute atomic E-state index is 0. The van der Waals surface area contributed by atoms with E-state index in [1.54, 1.807) is 0 Å². The van der Waals surface area contributed by atoms with Gasteiger partial charge in [0, 0.05) is 32.7 Å². The average Bonchev–Trinajstić information content (AvgIpc) is 2.95. The van der Waals surface area contributed by atoms with Gasteiger partial charge in [-0.25, -0.2) is 0 Å². The van der Waals surface area contributed by atoms with Gasteiger partial charge in [0.05, 0.1) is 12.6 Å². The minimum atomic E-state index is 0.